The summed E-state index contributed by atoms with van der Waals surface area (Å²) in [5, 5.41) is 0. The van der Waals surface area contributed by atoms with Gasteiger partial charge in [-0.2, -0.15) is 0 Å². The van der Waals surface area contributed by atoms with E-state index in [9.17, 15) is 4.39 Å². The summed E-state index contributed by atoms with van der Waals surface area (Å²) >= 11 is 0. The van der Waals surface area contributed by atoms with Crippen LogP contribution < -0.4 is 9.47 Å². The van der Waals surface area contributed by atoms with Crippen LogP contribution in [0.3, 0.4) is 0 Å². The van der Waals surface area contributed by atoms with Gasteiger partial charge >= 0.3 is 0 Å². The second-order valence-corrected chi connectivity index (χ2v) is 5.09. The Hall–Kier alpha value is -2.82. The van der Waals surface area contributed by atoms with Crippen LogP contribution in [0.4, 0.5) is 4.39 Å². The fourth-order valence-corrected chi connectivity index (χ4v) is 2.60. The number of halogens is 1. The highest BCUT2D eigenvalue weighted by molar-refractivity contribution is 5.73. The number of ether oxygens (including phenoxy) is 2. The first kappa shape index (κ1) is 15.1. The van der Waals surface area contributed by atoms with E-state index in [-0.39, 0.29) is 5.82 Å². The molecule has 0 saturated heterocycles. The molecular formula is C18H17FN2O2. The van der Waals surface area contributed by atoms with E-state index in [0.717, 1.165) is 16.8 Å². The average Bonchev–Trinajstić information content (AvgIpc) is 3.05. The largest absolute Gasteiger partial charge is 0.496 e. The number of hydrogen-bond acceptors (Lipinski definition) is 3. The summed E-state index contributed by atoms with van der Waals surface area (Å²) in [6, 6.07) is 10.2. The number of methoxy groups -OCH3 is 2. The molecule has 0 bridgehead atoms. The predicted molar refractivity (Wildman–Crippen MR) is 86.8 cm³/mol. The summed E-state index contributed by atoms with van der Waals surface area (Å²) in [7, 11) is 3.19. The van der Waals surface area contributed by atoms with Crippen molar-refractivity contribution in [2.45, 2.75) is 6.92 Å². The van der Waals surface area contributed by atoms with Crippen LogP contribution in [-0.2, 0) is 0 Å². The van der Waals surface area contributed by atoms with Crippen molar-refractivity contribution in [2.24, 2.45) is 0 Å². The molecule has 0 spiro atoms. The molecule has 0 unspecified atom stereocenters. The first-order valence-electron chi connectivity index (χ1n) is 7.17. The first-order valence-corrected chi connectivity index (χ1v) is 7.17. The van der Waals surface area contributed by atoms with E-state index < -0.39 is 0 Å². The molecule has 1 heterocycles. The van der Waals surface area contributed by atoms with Crippen LogP contribution in [0.25, 0.3) is 17.1 Å². The molecule has 0 aliphatic heterocycles. The molecule has 118 valence electrons. The van der Waals surface area contributed by atoms with Gasteiger partial charge in [0.25, 0.3) is 0 Å². The van der Waals surface area contributed by atoms with Crippen molar-refractivity contribution in [2.75, 3.05) is 14.2 Å². The van der Waals surface area contributed by atoms with Gasteiger partial charge in [-0.15, -0.1) is 0 Å². The van der Waals surface area contributed by atoms with Crippen LogP contribution >= 0.6 is 0 Å². The lowest BCUT2D eigenvalue weighted by Crippen LogP contribution is -2.02. The lowest BCUT2D eigenvalue weighted by Gasteiger charge is -2.15. The molecule has 0 amide bonds. The normalized spacial score (nSPS) is 10.6. The van der Waals surface area contributed by atoms with Gasteiger partial charge in [0, 0.05) is 12.4 Å². The van der Waals surface area contributed by atoms with Gasteiger partial charge in [0.1, 0.15) is 22.9 Å². The van der Waals surface area contributed by atoms with Crippen LogP contribution in [-0.4, -0.2) is 23.8 Å². The molecule has 2 aromatic carbocycles. The van der Waals surface area contributed by atoms with Gasteiger partial charge < -0.3 is 9.47 Å². The summed E-state index contributed by atoms with van der Waals surface area (Å²) in [5.41, 5.74) is 2.40. The molecule has 0 radical (unpaired) electrons. The zero-order chi connectivity index (χ0) is 16.4. The Morgan fingerprint density at radius 1 is 1.04 bits per heavy atom. The van der Waals surface area contributed by atoms with E-state index in [4.69, 9.17) is 9.47 Å². The number of hydrogen-bond donors (Lipinski definition) is 0. The average molecular weight is 312 g/mol. The second kappa shape index (κ2) is 6.12. The number of aromatic nitrogens is 2. The first-order chi connectivity index (χ1) is 11.2. The Balaban J connectivity index is 2.25. The number of nitrogens with zero attached hydrogens (tertiary/aromatic N) is 2. The maximum Gasteiger partial charge on any atom is 0.152 e. The van der Waals surface area contributed by atoms with Crippen molar-refractivity contribution >= 4 is 0 Å². The van der Waals surface area contributed by atoms with Gasteiger partial charge in [0.15, 0.2) is 5.82 Å². The molecule has 3 aromatic rings. The van der Waals surface area contributed by atoms with Crippen molar-refractivity contribution < 1.29 is 13.9 Å². The number of benzene rings is 2. The van der Waals surface area contributed by atoms with Crippen LogP contribution in [0, 0.1) is 12.7 Å². The monoisotopic (exact) mass is 312 g/mol. The van der Waals surface area contributed by atoms with Crippen molar-refractivity contribution in [1.82, 2.24) is 9.55 Å². The maximum atomic E-state index is 13.7. The van der Waals surface area contributed by atoms with Gasteiger partial charge in [-0.05, 0) is 36.8 Å². The smallest absolute Gasteiger partial charge is 0.152 e. The van der Waals surface area contributed by atoms with Gasteiger partial charge in [-0.25, -0.2) is 9.37 Å². The molecular weight excluding hydrogens is 295 g/mol. The predicted octanol–water partition coefficient (Wildman–Crippen LogP) is 4.00. The van der Waals surface area contributed by atoms with E-state index in [0.29, 0.717) is 17.3 Å². The summed E-state index contributed by atoms with van der Waals surface area (Å²) < 4.78 is 26.4. The summed E-state index contributed by atoms with van der Waals surface area (Å²) in [5.74, 6) is 1.63. The second-order valence-electron chi connectivity index (χ2n) is 5.09. The van der Waals surface area contributed by atoms with Gasteiger partial charge in [0.2, 0.25) is 0 Å². The molecule has 3 rings (SSSR count). The minimum Gasteiger partial charge on any atom is -0.496 e. The van der Waals surface area contributed by atoms with Gasteiger partial charge in [0.05, 0.1) is 19.9 Å². The van der Waals surface area contributed by atoms with E-state index >= 15 is 0 Å². The number of rotatable bonds is 4. The summed E-state index contributed by atoms with van der Waals surface area (Å²) in [4.78, 5) is 4.43. The standard InChI is InChI=1S/C18H17FN2O2/c1-12-7-8-13(19)11-14(12)21-10-9-20-18(21)17-15(22-2)5-4-6-16(17)23-3/h4-11H,1-3H3. The quantitative estimate of drug-likeness (QED) is 0.730. The molecule has 0 saturated carbocycles. The third-order valence-corrected chi connectivity index (χ3v) is 3.72. The molecule has 4 nitrogen and oxygen atoms in total. The Kier molecular flexibility index (Phi) is 4.02. The van der Waals surface area contributed by atoms with E-state index in [1.165, 1.54) is 12.1 Å². The Morgan fingerprint density at radius 2 is 1.74 bits per heavy atom. The van der Waals surface area contributed by atoms with Gasteiger partial charge in [-0.3, -0.25) is 4.57 Å². The van der Waals surface area contributed by atoms with Gasteiger partial charge in [-0.1, -0.05) is 12.1 Å². The van der Waals surface area contributed by atoms with E-state index in [1.54, 1.807) is 32.7 Å². The van der Waals surface area contributed by atoms with Crippen molar-refractivity contribution in [3.63, 3.8) is 0 Å². The van der Waals surface area contributed by atoms with Crippen LogP contribution in [0.2, 0.25) is 0 Å². The minimum absolute atomic E-state index is 0.294. The molecule has 0 aliphatic carbocycles. The zero-order valence-electron chi connectivity index (χ0n) is 13.2. The Morgan fingerprint density at radius 3 is 2.39 bits per heavy atom. The lowest BCUT2D eigenvalue weighted by molar-refractivity contribution is 0.396. The van der Waals surface area contributed by atoms with Crippen molar-refractivity contribution in [1.29, 1.82) is 0 Å². The van der Waals surface area contributed by atoms with Crippen molar-refractivity contribution in [3.05, 3.63) is 60.2 Å². The third-order valence-electron chi connectivity index (χ3n) is 3.72. The van der Waals surface area contributed by atoms with E-state index in [2.05, 4.69) is 4.98 Å². The highest BCUT2D eigenvalue weighted by Gasteiger charge is 2.18. The molecule has 23 heavy (non-hydrogen) atoms. The Bertz CT molecular complexity index is 821. The fraction of sp³-hybridized carbons (Fsp3) is 0.167. The molecule has 0 fully saturated rings. The zero-order valence-corrected chi connectivity index (χ0v) is 13.2. The fourth-order valence-electron chi connectivity index (χ4n) is 2.60. The van der Waals surface area contributed by atoms with Crippen LogP contribution in [0.5, 0.6) is 11.5 Å². The van der Waals surface area contributed by atoms with Crippen LogP contribution in [0.1, 0.15) is 5.56 Å². The highest BCUT2D eigenvalue weighted by atomic mass is 19.1. The molecule has 0 aliphatic rings. The minimum atomic E-state index is -0.294. The summed E-state index contributed by atoms with van der Waals surface area (Å²) in [6.07, 6.45) is 3.47. The van der Waals surface area contributed by atoms with Crippen molar-refractivity contribution in [3.8, 4) is 28.6 Å². The summed E-state index contributed by atoms with van der Waals surface area (Å²) in [6.45, 7) is 1.93. The van der Waals surface area contributed by atoms with Crippen LogP contribution in [0.15, 0.2) is 48.8 Å². The number of aryl methyl sites for hydroxylation is 1. The maximum absolute atomic E-state index is 13.7. The Labute approximate surface area is 134 Å². The third kappa shape index (κ3) is 2.65. The highest BCUT2D eigenvalue weighted by Crippen LogP contribution is 2.38. The lowest BCUT2D eigenvalue weighted by atomic mass is 10.1. The SMILES string of the molecule is COc1cccc(OC)c1-c1nccn1-c1cc(F)ccc1C. The molecule has 0 atom stereocenters. The van der Waals surface area contributed by atoms with E-state index in [1.807, 2.05) is 29.7 Å². The topological polar surface area (TPSA) is 36.3 Å². The molecule has 1 aromatic heterocycles. The molecule has 5 heteroatoms. The molecule has 0 N–H and O–H groups in total. The number of imidazole rings is 1.